The Morgan fingerprint density at radius 2 is 0.865 bits per heavy atom. The molecule has 37 heavy (non-hydrogen) atoms. The summed E-state index contributed by atoms with van der Waals surface area (Å²) in [7, 11) is 0. The summed E-state index contributed by atoms with van der Waals surface area (Å²) in [5, 5.41) is 0. The topological polar surface area (TPSA) is 0 Å². The fourth-order valence-corrected chi connectivity index (χ4v) is 3.53. The van der Waals surface area contributed by atoms with E-state index in [1.54, 1.807) is 0 Å². The first-order valence-corrected chi connectivity index (χ1v) is 14.5. The summed E-state index contributed by atoms with van der Waals surface area (Å²) in [6, 6.07) is 0. The molecule has 0 N–H and O–H groups in total. The predicted molar refractivity (Wildman–Crippen MR) is 166 cm³/mol. The number of hydrogen-bond donors (Lipinski definition) is 0. The first-order valence-electron chi connectivity index (χ1n) is 14.5. The van der Waals surface area contributed by atoms with Crippen LogP contribution in [-0.4, -0.2) is 0 Å². The lowest BCUT2D eigenvalue weighted by molar-refractivity contribution is 0.645. The van der Waals surface area contributed by atoms with Crippen molar-refractivity contribution in [1.82, 2.24) is 0 Å². The molecule has 6 atom stereocenters. The van der Waals surface area contributed by atoms with Gasteiger partial charge in [-0.1, -0.05) is 62.3 Å². The van der Waals surface area contributed by atoms with Crippen LogP contribution in [-0.2, 0) is 0 Å². The van der Waals surface area contributed by atoms with Gasteiger partial charge in [-0.05, 0) is 176 Å². The SMILES string of the molecule is C[CH]C([CH]C)[CH][CH][CH][C@H](C)[CH]C[CH][C@H](C)[CH][CH][CH][C@H](C)[CH][CH][CH][C@H](C)C[CH][CH][C@H](C)[CH][CH][CH][C@@H](C)[CH]C. The highest BCUT2D eigenvalue weighted by atomic mass is 14.2. The lowest BCUT2D eigenvalue weighted by Crippen LogP contribution is -2.06. The third-order valence-electron chi connectivity index (χ3n) is 6.52. The smallest absolute Gasteiger partial charge is 0.0312 e. The van der Waals surface area contributed by atoms with Gasteiger partial charge in [0.2, 0.25) is 0 Å². The summed E-state index contributed by atoms with van der Waals surface area (Å²) in [5.74, 6) is 3.42. The Hall–Kier alpha value is 0. The molecule has 0 heterocycles. The quantitative estimate of drug-likeness (QED) is 0.105. The van der Waals surface area contributed by atoms with Crippen LogP contribution in [0.1, 0.15) is 75.2 Å². The molecule has 0 aromatic heterocycles. The third kappa shape index (κ3) is 23.6. The maximum absolute atomic E-state index is 2.38. The highest BCUT2D eigenvalue weighted by Crippen LogP contribution is 2.22. The van der Waals surface area contributed by atoms with Crippen LogP contribution in [0.25, 0.3) is 0 Å². The van der Waals surface area contributed by atoms with E-state index in [9.17, 15) is 0 Å². The highest BCUT2D eigenvalue weighted by Gasteiger charge is 2.12. The molecule has 0 saturated carbocycles. The maximum Gasteiger partial charge on any atom is -0.0312 e. The molecule has 0 aromatic carbocycles. The molecule has 0 aliphatic heterocycles. The first-order chi connectivity index (χ1) is 17.7. The van der Waals surface area contributed by atoms with E-state index in [4.69, 9.17) is 0 Å². The molecule has 19 radical (unpaired) electrons. The molecule has 0 aliphatic rings. The van der Waals surface area contributed by atoms with E-state index in [2.05, 4.69) is 184 Å². The van der Waals surface area contributed by atoms with E-state index < -0.39 is 0 Å². The molecular weight excluding hydrogens is 444 g/mol. The van der Waals surface area contributed by atoms with Crippen LogP contribution in [0.4, 0.5) is 0 Å². The molecule has 0 heteroatoms. The molecule has 0 saturated heterocycles. The van der Waals surface area contributed by atoms with E-state index in [1.165, 1.54) is 0 Å². The van der Waals surface area contributed by atoms with Crippen molar-refractivity contribution in [3.05, 3.63) is 122 Å². The summed E-state index contributed by atoms with van der Waals surface area (Å²) < 4.78 is 0. The molecule has 205 valence electrons. The zero-order valence-corrected chi connectivity index (χ0v) is 25.4. The van der Waals surface area contributed by atoms with E-state index in [1.807, 2.05) is 0 Å². The maximum atomic E-state index is 2.38. The van der Waals surface area contributed by atoms with Crippen LogP contribution in [0.5, 0.6) is 0 Å². The van der Waals surface area contributed by atoms with Gasteiger partial charge in [0.1, 0.15) is 0 Å². The van der Waals surface area contributed by atoms with Crippen LogP contribution >= 0.6 is 0 Å². The lowest BCUT2D eigenvalue weighted by atomic mass is 9.88. The van der Waals surface area contributed by atoms with Crippen LogP contribution in [0.2, 0.25) is 0 Å². The molecule has 0 bridgehead atoms. The minimum Gasteiger partial charge on any atom is -0.0622 e. The summed E-state index contributed by atoms with van der Waals surface area (Å²) >= 11 is 0. The van der Waals surface area contributed by atoms with Crippen molar-refractivity contribution in [2.75, 3.05) is 0 Å². The van der Waals surface area contributed by atoms with Crippen molar-refractivity contribution >= 4 is 0 Å². The predicted octanol–water partition coefficient (Wildman–Crippen LogP) is 10.1. The average Bonchev–Trinajstić information content (AvgIpc) is 2.86. The Labute approximate surface area is 238 Å². The summed E-state index contributed by atoms with van der Waals surface area (Å²) in [4.78, 5) is 0. The molecule has 0 unspecified atom stereocenters. The van der Waals surface area contributed by atoms with Gasteiger partial charge in [-0.15, -0.1) is 0 Å². The second-order valence-electron chi connectivity index (χ2n) is 10.5. The Kier molecular flexibility index (Phi) is 25.0. The van der Waals surface area contributed by atoms with Crippen molar-refractivity contribution in [1.29, 1.82) is 0 Å². The van der Waals surface area contributed by atoms with E-state index in [-0.39, 0.29) is 0 Å². The summed E-state index contributed by atoms with van der Waals surface area (Å²) in [6.45, 7) is 19.8. The molecule has 0 amide bonds. The van der Waals surface area contributed by atoms with Gasteiger partial charge in [-0.25, -0.2) is 0 Å². The second kappa shape index (κ2) is 25.0. The molecule has 0 spiro atoms. The third-order valence-corrected chi connectivity index (χ3v) is 6.52. The van der Waals surface area contributed by atoms with Crippen molar-refractivity contribution < 1.29 is 0 Å². The monoisotopic (exact) mass is 501 g/mol. The first kappa shape index (κ1) is 37.0. The zero-order chi connectivity index (χ0) is 27.9. The molecule has 0 aromatic rings. The van der Waals surface area contributed by atoms with Gasteiger partial charge in [-0.3, -0.25) is 0 Å². The van der Waals surface area contributed by atoms with E-state index in [0.29, 0.717) is 41.4 Å². The van der Waals surface area contributed by atoms with Gasteiger partial charge in [0, 0.05) is 0 Å². The van der Waals surface area contributed by atoms with Gasteiger partial charge < -0.3 is 0 Å². The van der Waals surface area contributed by atoms with Gasteiger partial charge >= 0.3 is 0 Å². The van der Waals surface area contributed by atoms with Gasteiger partial charge in [0.05, 0.1) is 0 Å². The Bertz CT molecular complexity index is 449. The van der Waals surface area contributed by atoms with Gasteiger partial charge in [0.25, 0.3) is 0 Å². The Balaban J connectivity index is 3.66. The van der Waals surface area contributed by atoms with E-state index >= 15 is 0 Å². The van der Waals surface area contributed by atoms with Crippen molar-refractivity contribution in [3.63, 3.8) is 0 Å². The fourth-order valence-electron chi connectivity index (χ4n) is 3.53. The molecule has 0 nitrogen and oxygen atoms in total. The van der Waals surface area contributed by atoms with Crippen LogP contribution < -0.4 is 0 Å². The minimum absolute atomic E-state index is 0.434. The summed E-state index contributed by atoms with van der Waals surface area (Å²) in [6.07, 6.45) is 45.1. The van der Waals surface area contributed by atoms with Crippen molar-refractivity contribution in [3.8, 4) is 0 Å². The van der Waals surface area contributed by atoms with Crippen molar-refractivity contribution in [2.45, 2.75) is 75.2 Å². The highest BCUT2D eigenvalue weighted by molar-refractivity contribution is 5.13. The van der Waals surface area contributed by atoms with Crippen molar-refractivity contribution in [2.24, 2.45) is 41.4 Å². The zero-order valence-electron chi connectivity index (χ0n) is 25.4. The largest absolute Gasteiger partial charge is 0.0622 e. The number of rotatable bonds is 27. The van der Waals surface area contributed by atoms with Crippen LogP contribution in [0.15, 0.2) is 0 Å². The average molecular weight is 502 g/mol. The second-order valence-corrected chi connectivity index (χ2v) is 10.5. The van der Waals surface area contributed by atoms with E-state index in [0.717, 1.165) is 12.8 Å². The normalized spacial score (nSPS) is 17.0. The number of hydrogen-bond acceptors (Lipinski definition) is 0. The minimum atomic E-state index is 0.434. The standard InChI is InChI=1S/C37H57/c1-10-31(4)19-13-20-32(5)21-14-22-33(6)23-15-24-34(7)25-16-26-35(8)27-17-28-36(9)29-18-30-37(11-2)12-3/h10-16,18-21,23-37H,17,22H2,1-9H3/t31-,32+,33+,34+,35+,36+/m0/s1. The van der Waals surface area contributed by atoms with Crippen LogP contribution in [0.3, 0.4) is 0 Å². The Morgan fingerprint density at radius 3 is 1.38 bits per heavy atom. The Morgan fingerprint density at radius 1 is 0.432 bits per heavy atom. The molecule has 0 rings (SSSR count). The van der Waals surface area contributed by atoms with Gasteiger partial charge in [0.15, 0.2) is 0 Å². The molecule has 0 aliphatic carbocycles. The lowest BCUT2D eigenvalue weighted by Gasteiger charge is -2.16. The summed E-state index contributed by atoms with van der Waals surface area (Å²) in [5.41, 5.74) is 0. The fraction of sp³-hybridized carbons (Fsp3) is 0.486. The van der Waals surface area contributed by atoms with Gasteiger partial charge in [-0.2, -0.15) is 0 Å². The molecular formula is C37H57. The van der Waals surface area contributed by atoms with Crippen LogP contribution in [0, 0.1) is 163 Å². The molecule has 0 fully saturated rings.